The highest BCUT2D eigenvalue weighted by Gasteiger charge is 2.14. The quantitative estimate of drug-likeness (QED) is 0.674. The first-order valence-electron chi connectivity index (χ1n) is 3.74. The number of thiophene rings is 1. The molecule has 1 aromatic carbocycles. The van der Waals surface area contributed by atoms with Crippen LogP contribution in [0.4, 0.5) is 8.78 Å². The van der Waals surface area contributed by atoms with Gasteiger partial charge in [0.05, 0.1) is 5.02 Å². The smallest absolute Gasteiger partial charge is 0.205 e. The van der Waals surface area contributed by atoms with Crippen LogP contribution in [0.25, 0.3) is 10.1 Å². The molecular formula is C9H4BrClF2S. The third-order valence-corrected chi connectivity index (χ3v) is 4.04. The van der Waals surface area contributed by atoms with Crippen LogP contribution in [0.1, 0.15) is 12.0 Å². The molecule has 0 bridgehead atoms. The van der Waals surface area contributed by atoms with Crippen LogP contribution in [0.15, 0.2) is 22.0 Å². The summed E-state index contributed by atoms with van der Waals surface area (Å²) >= 11 is 10.4. The summed E-state index contributed by atoms with van der Waals surface area (Å²) in [6.07, 6.45) is -2.44. The third-order valence-electron chi connectivity index (χ3n) is 1.88. The summed E-state index contributed by atoms with van der Waals surface area (Å²) in [7, 11) is 0. The summed E-state index contributed by atoms with van der Waals surface area (Å²) in [6.45, 7) is 0. The largest absolute Gasteiger partial charge is 0.265 e. The molecule has 0 saturated heterocycles. The van der Waals surface area contributed by atoms with Gasteiger partial charge in [0.2, 0.25) is 0 Å². The summed E-state index contributed by atoms with van der Waals surface area (Å²) in [5, 5.41) is 2.47. The molecule has 0 amide bonds. The van der Waals surface area contributed by atoms with Gasteiger partial charge >= 0.3 is 0 Å². The third kappa shape index (κ3) is 1.66. The van der Waals surface area contributed by atoms with Crippen LogP contribution < -0.4 is 0 Å². The van der Waals surface area contributed by atoms with Crippen molar-refractivity contribution in [1.82, 2.24) is 0 Å². The van der Waals surface area contributed by atoms with Crippen LogP contribution in [0.5, 0.6) is 0 Å². The molecule has 0 aliphatic rings. The maximum absolute atomic E-state index is 12.5. The van der Waals surface area contributed by atoms with Crippen molar-refractivity contribution in [2.24, 2.45) is 0 Å². The Labute approximate surface area is 96.6 Å². The van der Waals surface area contributed by atoms with Gasteiger partial charge in [-0.1, -0.05) is 11.6 Å². The lowest BCUT2D eigenvalue weighted by Gasteiger charge is -1.99. The molecule has 0 spiro atoms. The predicted octanol–water partition coefficient (Wildman–Crippen LogP) is 5.25. The first-order valence-corrected chi connectivity index (χ1v) is 5.79. The van der Waals surface area contributed by atoms with Gasteiger partial charge in [0.1, 0.15) is 0 Å². The number of hydrogen-bond acceptors (Lipinski definition) is 1. The van der Waals surface area contributed by atoms with E-state index in [9.17, 15) is 8.78 Å². The van der Waals surface area contributed by atoms with Crippen LogP contribution in [-0.4, -0.2) is 0 Å². The van der Waals surface area contributed by atoms with Crippen LogP contribution in [-0.2, 0) is 0 Å². The van der Waals surface area contributed by atoms with Crippen LogP contribution in [0.3, 0.4) is 0 Å². The Balaban J connectivity index is 2.74. The molecule has 0 atom stereocenters. The molecule has 2 rings (SSSR count). The maximum Gasteiger partial charge on any atom is 0.265 e. The first kappa shape index (κ1) is 10.3. The molecule has 1 heterocycles. The summed E-state index contributed by atoms with van der Waals surface area (Å²) in [5.74, 6) is 0. The summed E-state index contributed by atoms with van der Waals surface area (Å²) in [6, 6.07) is 3.33. The van der Waals surface area contributed by atoms with Crippen molar-refractivity contribution in [3.63, 3.8) is 0 Å². The number of benzene rings is 1. The number of fused-ring (bicyclic) bond motifs is 1. The molecule has 0 radical (unpaired) electrons. The zero-order valence-electron chi connectivity index (χ0n) is 6.73. The SMILES string of the molecule is FC(F)c1csc2cc(Br)c(Cl)cc12. The highest BCUT2D eigenvalue weighted by Crippen LogP contribution is 2.37. The second kappa shape index (κ2) is 3.76. The van der Waals surface area contributed by atoms with Crippen molar-refractivity contribution < 1.29 is 8.78 Å². The summed E-state index contributed by atoms with van der Waals surface area (Å²) in [4.78, 5) is 0. The fourth-order valence-corrected chi connectivity index (χ4v) is 2.84. The molecule has 0 fully saturated rings. The van der Waals surface area contributed by atoms with E-state index in [1.165, 1.54) is 16.7 Å². The lowest BCUT2D eigenvalue weighted by atomic mass is 10.2. The summed E-state index contributed by atoms with van der Waals surface area (Å²) < 4.78 is 26.6. The molecule has 2 aromatic rings. The molecule has 0 saturated carbocycles. The molecule has 0 nitrogen and oxygen atoms in total. The number of hydrogen-bond donors (Lipinski definition) is 0. The van der Waals surface area contributed by atoms with Gasteiger partial charge in [0.25, 0.3) is 6.43 Å². The maximum atomic E-state index is 12.5. The summed E-state index contributed by atoms with van der Waals surface area (Å²) in [5.41, 5.74) is 0.0550. The molecule has 0 aliphatic carbocycles. The minimum atomic E-state index is -2.44. The van der Waals surface area contributed by atoms with E-state index in [4.69, 9.17) is 11.6 Å². The van der Waals surface area contributed by atoms with Crippen LogP contribution >= 0.6 is 38.9 Å². The van der Waals surface area contributed by atoms with Crippen molar-refractivity contribution in [1.29, 1.82) is 0 Å². The van der Waals surface area contributed by atoms with E-state index < -0.39 is 6.43 Å². The zero-order valence-corrected chi connectivity index (χ0v) is 9.89. The Hall–Kier alpha value is -0.190. The van der Waals surface area contributed by atoms with Gasteiger partial charge in [-0.2, -0.15) is 0 Å². The lowest BCUT2D eigenvalue weighted by molar-refractivity contribution is 0.153. The topological polar surface area (TPSA) is 0 Å². The van der Waals surface area contributed by atoms with Crippen LogP contribution in [0.2, 0.25) is 5.02 Å². The zero-order chi connectivity index (χ0) is 10.3. The fourth-order valence-electron chi connectivity index (χ4n) is 1.21. The van der Waals surface area contributed by atoms with E-state index >= 15 is 0 Å². The van der Waals surface area contributed by atoms with E-state index in [1.807, 2.05) is 0 Å². The second-order valence-corrected chi connectivity index (χ2v) is 4.93. The van der Waals surface area contributed by atoms with Gasteiger partial charge in [-0.3, -0.25) is 0 Å². The number of halogens is 4. The number of rotatable bonds is 1. The highest BCUT2D eigenvalue weighted by atomic mass is 79.9. The van der Waals surface area contributed by atoms with Crippen molar-refractivity contribution in [3.8, 4) is 0 Å². The van der Waals surface area contributed by atoms with Crippen molar-refractivity contribution in [3.05, 3.63) is 32.6 Å². The van der Waals surface area contributed by atoms with E-state index in [1.54, 1.807) is 12.1 Å². The van der Waals surface area contributed by atoms with Crippen molar-refractivity contribution in [2.45, 2.75) is 6.43 Å². The van der Waals surface area contributed by atoms with Gasteiger partial charge < -0.3 is 0 Å². The molecule has 0 aliphatic heterocycles. The fraction of sp³-hybridized carbons (Fsp3) is 0.111. The van der Waals surface area contributed by atoms with Crippen molar-refractivity contribution in [2.75, 3.05) is 0 Å². The predicted molar refractivity (Wildman–Crippen MR) is 59.5 cm³/mol. The number of alkyl halides is 2. The molecule has 5 heteroatoms. The van der Waals surface area contributed by atoms with E-state index in [0.717, 1.165) is 9.17 Å². The molecule has 0 N–H and O–H groups in total. The standard InChI is InChI=1S/C9H4BrClF2S/c10-6-2-8-4(1-7(6)11)5(3-14-8)9(12)13/h1-3,9H. The van der Waals surface area contributed by atoms with Crippen molar-refractivity contribution >= 4 is 49.0 Å². The Morgan fingerprint density at radius 2 is 2.07 bits per heavy atom. The Bertz CT molecular complexity index is 481. The molecule has 14 heavy (non-hydrogen) atoms. The Morgan fingerprint density at radius 1 is 1.36 bits per heavy atom. The second-order valence-electron chi connectivity index (χ2n) is 2.75. The molecule has 0 unspecified atom stereocenters. The highest BCUT2D eigenvalue weighted by molar-refractivity contribution is 9.10. The lowest BCUT2D eigenvalue weighted by Crippen LogP contribution is -1.80. The Kier molecular flexibility index (Phi) is 2.77. The molecule has 74 valence electrons. The average Bonchev–Trinajstić information content (AvgIpc) is 2.48. The molecule has 1 aromatic heterocycles. The minimum absolute atomic E-state index is 0.0550. The van der Waals surface area contributed by atoms with E-state index in [0.29, 0.717) is 10.4 Å². The van der Waals surface area contributed by atoms with E-state index in [2.05, 4.69) is 15.9 Å². The first-order chi connectivity index (χ1) is 6.59. The van der Waals surface area contributed by atoms with Gasteiger partial charge in [-0.15, -0.1) is 11.3 Å². The normalized spacial score (nSPS) is 11.5. The van der Waals surface area contributed by atoms with Gasteiger partial charge in [0.15, 0.2) is 0 Å². The van der Waals surface area contributed by atoms with Gasteiger partial charge in [-0.05, 0) is 28.1 Å². The monoisotopic (exact) mass is 296 g/mol. The van der Waals surface area contributed by atoms with Crippen LogP contribution in [0, 0.1) is 0 Å². The van der Waals surface area contributed by atoms with Gasteiger partial charge in [0, 0.05) is 25.5 Å². The van der Waals surface area contributed by atoms with Gasteiger partial charge in [-0.25, -0.2) is 8.78 Å². The molecular weight excluding hydrogens is 294 g/mol. The van der Waals surface area contributed by atoms with E-state index in [-0.39, 0.29) is 5.56 Å². The average molecular weight is 298 g/mol. The Morgan fingerprint density at radius 3 is 2.71 bits per heavy atom. The minimum Gasteiger partial charge on any atom is -0.205 e.